The fourth-order valence-electron chi connectivity index (χ4n) is 2.71. The number of benzene rings is 1. The minimum absolute atomic E-state index is 0.0839. The molecule has 6 heteroatoms. The van der Waals surface area contributed by atoms with Crippen molar-refractivity contribution < 1.29 is 13.2 Å². The van der Waals surface area contributed by atoms with Gasteiger partial charge in [0.05, 0.1) is 11.0 Å². The van der Waals surface area contributed by atoms with Crippen LogP contribution in [-0.4, -0.2) is 27.7 Å². The van der Waals surface area contributed by atoms with Crippen LogP contribution in [0.15, 0.2) is 29.2 Å². The van der Waals surface area contributed by atoms with Gasteiger partial charge in [-0.05, 0) is 31.0 Å². The number of nitrogens with one attached hydrogen (secondary N) is 1. The summed E-state index contributed by atoms with van der Waals surface area (Å²) in [5.41, 5.74) is 6.41. The molecule has 0 bridgehead atoms. The second-order valence-corrected chi connectivity index (χ2v) is 8.03. The molecule has 0 aromatic heterocycles. The van der Waals surface area contributed by atoms with Crippen LogP contribution in [0, 0.1) is 5.41 Å². The number of methoxy groups -OCH3 is 1. The Kier molecular flexibility index (Phi) is 4.44. The number of ether oxygens (including phenoxy) is 1. The third-order valence-corrected chi connectivity index (χ3v) is 5.92. The molecule has 0 spiro atoms. The number of nitrogens with two attached hydrogens (primary N) is 1. The SMILES string of the molecule is COC1CC(NS(=O)(=O)c2cccc(C(C)N)c2)C1(C)C. The first-order valence-electron chi connectivity index (χ1n) is 7.09. The van der Waals surface area contributed by atoms with E-state index in [9.17, 15) is 8.42 Å². The Bertz CT molecular complexity index is 611. The monoisotopic (exact) mass is 312 g/mol. The van der Waals surface area contributed by atoms with E-state index >= 15 is 0 Å². The third-order valence-electron chi connectivity index (χ3n) is 4.45. The maximum Gasteiger partial charge on any atom is 0.240 e. The van der Waals surface area contributed by atoms with Crippen LogP contribution in [0.1, 0.15) is 38.8 Å². The molecule has 1 aliphatic carbocycles. The molecule has 1 fully saturated rings. The molecule has 0 amide bonds. The van der Waals surface area contributed by atoms with Crippen LogP contribution >= 0.6 is 0 Å². The lowest BCUT2D eigenvalue weighted by Crippen LogP contribution is -2.61. The molecule has 3 unspecified atom stereocenters. The molecule has 3 N–H and O–H groups in total. The quantitative estimate of drug-likeness (QED) is 0.868. The minimum Gasteiger partial charge on any atom is -0.381 e. The zero-order valence-corrected chi connectivity index (χ0v) is 13.8. The fourth-order valence-corrected chi connectivity index (χ4v) is 4.17. The molecule has 0 radical (unpaired) electrons. The van der Waals surface area contributed by atoms with Gasteiger partial charge in [0.25, 0.3) is 0 Å². The number of sulfonamides is 1. The Morgan fingerprint density at radius 1 is 1.43 bits per heavy atom. The van der Waals surface area contributed by atoms with Crippen molar-refractivity contribution in [3.05, 3.63) is 29.8 Å². The normalized spacial score (nSPS) is 26.1. The first-order chi connectivity index (χ1) is 9.68. The standard InChI is InChI=1S/C15H24N2O3S/c1-10(16)11-6-5-7-12(8-11)21(18,19)17-13-9-14(20-4)15(13,2)3/h5-8,10,13-14,17H,9,16H2,1-4H3. The summed E-state index contributed by atoms with van der Waals surface area (Å²) in [7, 11) is -1.88. The highest BCUT2D eigenvalue weighted by Crippen LogP contribution is 2.43. The third kappa shape index (κ3) is 3.13. The van der Waals surface area contributed by atoms with Crippen molar-refractivity contribution in [2.75, 3.05) is 7.11 Å². The summed E-state index contributed by atoms with van der Waals surface area (Å²) in [4.78, 5) is 0.258. The van der Waals surface area contributed by atoms with Crippen LogP contribution in [-0.2, 0) is 14.8 Å². The summed E-state index contributed by atoms with van der Waals surface area (Å²) in [6.45, 7) is 5.85. The lowest BCUT2D eigenvalue weighted by Gasteiger charge is -2.50. The Morgan fingerprint density at radius 3 is 2.62 bits per heavy atom. The van der Waals surface area contributed by atoms with E-state index in [0.717, 1.165) is 5.56 Å². The van der Waals surface area contributed by atoms with Crippen LogP contribution in [0.25, 0.3) is 0 Å². The molecular weight excluding hydrogens is 288 g/mol. The summed E-state index contributed by atoms with van der Waals surface area (Å²) in [5, 5.41) is 0. The Balaban J connectivity index is 2.18. The highest BCUT2D eigenvalue weighted by molar-refractivity contribution is 7.89. The van der Waals surface area contributed by atoms with E-state index in [1.807, 2.05) is 26.8 Å². The largest absolute Gasteiger partial charge is 0.381 e. The summed E-state index contributed by atoms with van der Waals surface area (Å²) in [5.74, 6) is 0. The highest BCUT2D eigenvalue weighted by Gasteiger charge is 2.50. The first kappa shape index (κ1) is 16.4. The molecule has 118 valence electrons. The van der Waals surface area contributed by atoms with Gasteiger partial charge in [0.2, 0.25) is 10.0 Å². The van der Waals surface area contributed by atoms with Gasteiger partial charge < -0.3 is 10.5 Å². The first-order valence-corrected chi connectivity index (χ1v) is 8.57. The molecule has 0 heterocycles. The summed E-state index contributed by atoms with van der Waals surface area (Å²) >= 11 is 0. The topological polar surface area (TPSA) is 81.4 Å². The van der Waals surface area contributed by atoms with Gasteiger partial charge in [0.15, 0.2) is 0 Å². The van der Waals surface area contributed by atoms with Crippen LogP contribution < -0.4 is 10.5 Å². The number of hydrogen-bond acceptors (Lipinski definition) is 4. The molecule has 1 aromatic rings. The van der Waals surface area contributed by atoms with Gasteiger partial charge in [-0.15, -0.1) is 0 Å². The molecule has 0 aliphatic heterocycles. The van der Waals surface area contributed by atoms with Gasteiger partial charge in [-0.2, -0.15) is 0 Å². The fraction of sp³-hybridized carbons (Fsp3) is 0.600. The maximum absolute atomic E-state index is 12.5. The van der Waals surface area contributed by atoms with Gasteiger partial charge in [-0.1, -0.05) is 26.0 Å². The molecule has 3 atom stereocenters. The molecule has 21 heavy (non-hydrogen) atoms. The van der Waals surface area contributed by atoms with Gasteiger partial charge in [0.1, 0.15) is 0 Å². The smallest absolute Gasteiger partial charge is 0.240 e. The molecule has 0 saturated heterocycles. The summed E-state index contributed by atoms with van der Waals surface area (Å²) in [6, 6.07) is 6.46. The molecular formula is C15H24N2O3S. The van der Waals surface area contributed by atoms with Crippen LogP contribution in [0.2, 0.25) is 0 Å². The van der Waals surface area contributed by atoms with Crippen molar-refractivity contribution in [1.29, 1.82) is 0 Å². The van der Waals surface area contributed by atoms with E-state index < -0.39 is 10.0 Å². The van der Waals surface area contributed by atoms with E-state index in [2.05, 4.69) is 4.72 Å². The zero-order valence-electron chi connectivity index (χ0n) is 13.0. The highest BCUT2D eigenvalue weighted by atomic mass is 32.2. The summed E-state index contributed by atoms with van der Waals surface area (Å²) < 4.78 is 33.1. The number of rotatable bonds is 5. The van der Waals surface area contributed by atoms with E-state index in [1.54, 1.807) is 25.3 Å². The second-order valence-electron chi connectivity index (χ2n) is 6.32. The Hall–Kier alpha value is -0.950. The van der Waals surface area contributed by atoms with E-state index in [1.165, 1.54) is 0 Å². The van der Waals surface area contributed by atoms with Crippen molar-refractivity contribution in [3.8, 4) is 0 Å². The Labute approximate surface area is 126 Å². The van der Waals surface area contributed by atoms with Crippen molar-refractivity contribution in [1.82, 2.24) is 4.72 Å². The van der Waals surface area contributed by atoms with Gasteiger partial charge in [-0.25, -0.2) is 13.1 Å². The Morgan fingerprint density at radius 2 is 2.10 bits per heavy atom. The summed E-state index contributed by atoms with van der Waals surface area (Å²) in [6.07, 6.45) is 0.774. The molecule has 1 aromatic carbocycles. The van der Waals surface area contributed by atoms with Crippen LogP contribution in [0.5, 0.6) is 0 Å². The van der Waals surface area contributed by atoms with Crippen LogP contribution in [0.3, 0.4) is 0 Å². The van der Waals surface area contributed by atoms with Gasteiger partial charge in [-0.3, -0.25) is 0 Å². The predicted octanol–water partition coefficient (Wildman–Crippen LogP) is 1.80. The molecule has 1 aliphatic rings. The van der Waals surface area contributed by atoms with E-state index in [0.29, 0.717) is 6.42 Å². The molecule has 1 saturated carbocycles. The van der Waals surface area contributed by atoms with Crippen LogP contribution in [0.4, 0.5) is 0 Å². The average Bonchev–Trinajstić information content (AvgIpc) is 2.43. The average molecular weight is 312 g/mol. The lowest BCUT2D eigenvalue weighted by atomic mass is 9.65. The maximum atomic E-state index is 12.5. The van der Waals surface area contributed by atoms with Gasteiger partial charge >= 0.3 is 0 Å². The van der Waals surface area contributed by atoms with E-state index in [4.69, 9.17) is 10.5 Å². The van der Waals surface area contributed by atoms with Crippen molar-refractivity contribution in [3.63, 3.8) is 0 Å². The lowest BCUT2D eigenvalue weighted by molar-refractivity contribution is -0.0908. The molecule has 5 nitrogen and oxygen atoms in total. The van der Waals surface area contributed by atoms with Crippen molar-refractivity contribution in [2.24, 2.45) is 11.1 Å². The molecule has 2 rings (SSSR count). The van der Waals surface area contributed by atoms with E-state index in [-0.39, 0.29) is 28.5 Å². The number of hydrogen-bond donors (Lipinski definition) is 2. The minimum atomic E-state index is -3.54. The second kappa shape index (κ2) is 5.68. The van der Waals surface area contributed by atoms with Gasteiger partial charge in [0, 0.05) is 24.6 Å². The van der Waals surface area contributed by atoms with Crippen molar-refractivity contribution >= 4 is 10.0 Å². The van der Waals surface area contributed by atoms with Crippen molar-refractivity contribution in [2.45, 2.75) is 50.3 Å². The zero-order chi connectivity index (χ0) is 15.8. The predicted molar refractivity (Wildman–Crippen MR) is 82.3 cm³/mol.